The fourth-order valence-corrected chi connectivity index (χ4v) is 1.37. The molecule has 0 radical (unpaired) electrons. The highest BCUT2D eigenvalue weighted by Gasteiger charge is 2.15. The summed E-state index contributed by atoms with van der Waals surface area (Å²) in [5, 5.41) is 4.30. The van der Waals surface area contributed by atoms with Crippen molar-refractivity contribution in [1.82, 2.24) is 9.78 Å². The van der Waals surface area contributed by atoms with Crippen LogP contribution in [-0.4, -0.2) is 9.78 Å². The molecule has 80 valence electrons. The molecule has 1 atom stereocenters. The molecule has 0 bridgehead atoms. The molecule has 0 aliphatic rings. The molecule has 0 aliphatic heterocycles. The molecule has 0 aromatic carbocycles. The van der Waals surface area contributed by atoms with Crippen molar-refractivity contribution in [3.63, 3.8) is 0 Å². The van der Waals surface area contributed by atoms with Gasteiger partial charge in [0.1, 0.15) is 0 Å². The smallest absolute Gasteiger partial charge is 0.0791 e. The van der Waals surface area contributed by atoms with Gasteiger partial charge in [-0.3, -0.25) is 4.68 Å². The first-order valence-corrected chi connectivity index (χ1v) is 5.13. The monoisotopic (exact) mass is 195 g/mol. The molecule has 1 aromatic rings. The fourth-order valence-electron chi connectivity index (χ4n) is 1.37. The van der Waals surface area contributed by atoms with E-state index in [4.69, 9.17) is 5.73 Å². The summed E-state index contributed by atoms with van der Waals surface area (Å²) < 4.78 is 1.80. The van der Waals surface area contributed by atoms with Crippen LogP contribution in [0.1, 0.15) is 45.3 Å². The Morgan fingerprint density at radius 1 is 1.50 bits per heavy atom. The molecule has 0 saturated heterocycles. The zero-order valence-electron chi connectivity index (χ0n) is 9.62. The lowest BCUT2D eigenvalue weighted by molar-refractivity contribution is 0.348. The van der Waals surface area contributed by atoms with E-state index in [1.54, 1.807) is 4.68 Å². The molecule has 0 aliphatic carbocycles. The number of nitrogens with two attached hydrogens (primary N) is 1. The Morgan fingerprint density at radius 2 is 2.14 bits per heavy atom. The fraction of sp³-hybridized carbons (Fsp3) is 0.727. The Bertz CT molecular complexity index is 283. The third kappa shape index (κ3) is 3.50. The summed E-state index contributed by atoms with van der Waals surface area (Å²) >= 11 is 0. The number of aryl methyl sites for hydroxylation is 1. The van der Waals surface area contributed by atoms with Crippen molar-refractivity contribution in [1.29, 1.82) is 0 Å². The van der Waals surface area contributed by atoms with Gasteiger partial charge in [0.05, 0.1) is 5.69 Å². The molecule has 1 rings (SSSR count). The maximum absolute atomic E-state index is 6.04. The Labute approximate surface area is 86.3 Å². The minimum Gasteiger partial charge on any atom is -0.323 e. The van der Waals surface area contributed by atoms with Gasteiger partial charge < -0.3 is 5.73 Å². The van der Waals surface area contributed by atoms with Crippen molar-refractivity contribution in [3.05, 3.63) is 18.0 Å². The van der Waals surface area contributed by atoms with Crippen LogP contribution in [0.5, 0.6) is 0 Å². The summed E-state index contributed by atoms with van der Waals surface area (Å²) in [4.78, 5) is 0. The van der Waals surface area contributed by atoms with E-state index in [1.807, 2.05) is 19.3 Å². The second-order valence-electron chi connectivity index (χ2n) is 5.12. The van der Waals surface area contributed by atoms with Crippen LogP contribution in [0.15, 0.2) is 12.3 Å². The highest BCUT2D eigenvalue weighted by atomic mass is 15.3. The molecule has 14 heavy (non-hydrogen) atoms. The van der Waals surface area contributed by atoms with Gasteiger partial charge >= 0.3 is 0 Å². The molecular formula is C11H21N3. The van der Waals surface area contributed by atoms with E-state index < -0.39 is 0 Å². The molecule has 0 saturated carbocycles. The third-order valence-corrected chi connectivity index (χ3v) is 2.32. The minimum absolute atomic E-state index is 0.0791. The van der Waals surface area contributed by atoms with Gasteiger partial charge in [0.15, 0.2) is 0 Å². The summed E-state index contributed by atoms with van der Waals surface area (Å²) in [6, 6.07) is 2.07. The second kappa shape index (κ2) is 4.13. The Hall–Kier alpha value is -0.830. The molecular weight excluding hydrogens is 174 g/mol. The van der Waals surface area contributed by atoms with Gasteiger partial charge in [0.2, 0.25) is 0 Å². The van der Waals surface area contributed by atoms with Crippen molar-refractivity contribution >= 4 is 0 Å². The summed E-state index contributed by atoms with van der Waals surface area (Å²) in [6.07, 6.45) is 4.07. The first-order valence-electron chi connectivity index (χ1n) is 5.13. The van der Waals surface area contributed by atoms with Crippen LogP contribution in [0.3, 0.4) is 0 Å². The van der Waals surface area contributed by atoms with E-state index in [0.717, 1.165) is 18.5 Å². The van der Waals surface area contributed by atoms with Crippen molar-refractivity contribution in [2.45, 2.75) is 39.7 Å². The standard InChI is InChI=1S/C11H21N3/c1-11(2,3)7-5-9(12)10-6-8-14(4)13-10/h6,8-9H,5,7,12H2,1-4H3/t9-/m0/s1. The van der Waals surface area contributed by atoms with Crippen LogP contribution >= 0.6 is 0 Å². The van der Waals surface area contributed by atoms with Crippen molar-refractivity contribution in [2.75, 3.05) is 0 Å². The van der Waals surface area contributed by atoms with E-state index in [2.05, 4.69) is 25.9 Å². The van der Waals surface area contributed by atoms with Crippen LogP contribution in [0, 0.1) is 5.41 Å². The normalized spacial score (nSPS) is 14.4. The highest BCUT2D eigenvalue weighted by molar-refractivity contribution is 5.04. The lowest BCUT2D eigenvalue weighted by Gasteiger charge is -2.19. The third-order valence-electron chi connectivity index (χ3n) is 2.32. The van der Waals surface area contributed by atoms with Crippen molar-refractivity contribution in [3.8, 4) is 0 Å². The highest BCUT2D eigenvalue weighted by Crippen LogP contribution is 2.25. The molecule has 2 N–H and O–H groups in total. The first-order chi connectivity index (χ1) is 6.38. The van der Waals surface area contributed by atoms with Gasteiger partial charge in [0, 0.05) is 19.3 Å². The largest absolute Gasteiger partial charge is 0.323 e. The number of hydrogen-bond donors (Lipinski definition) is 1. The van der Waals surface area contributed by atoms with Gasteiger partial charge in [0.25, 0.3) is 0 Å². The summed E-state index contributed by atoms with van der Waals surface area (Å²) in [5.74, 6) is 0. The average molecular weight is 195 g/mol. The van der Waals surface area contributed by atoms with E-state index in [0.29, 0.717) is 5.41 Å². The lowest BCUT2D eigenvalue weighted by atomic mass is 9.88. The zero-order valence-corrected chi connectivity index (χ0v) is 9.62. The number of hydrogen-bond acceptors (Lipinski definition) is 2. The van der Waals surface area contributed by atoms with Gasteiger partial charge in [-0.15, -0.1) is 0 Å². The maximum Gasteiger partial charge on any atom is 0.0791 e. The Kier molecular flexibility index (Phi) is 3.32. The number of rotatable bonds is 3. The molecule has 3 nitrogen and oxygen atoms in total. The van der Waals surface area contributed by atoms with Crippen LogP contribution in [0.4, 0.5) is 0 Å². The Balaban J connectivity index is 2.47. The zero-order chi connectivity index (χ0) is 10.8. The predicted octanol–water partition coefficient (Wildman–Crippen LogP) is 2.25. The minimum atomic E-state index is 0.0791. The molecule has 0 fully saturated rings. The number of nitrogens with zero attached hydrogens (tertiary/aromatic N) is 2. The average Bonchev–Trinajstić information content (AvgIpc) is 2.46. The second-order valence-corrected chi connectivity index (χ2v) is 5.12. The molecule has 0 spiro atoms. The van der Waals surface area contributed by atoms with E-state index in [-0.39, 0.29) is 6.04 Å². The van der Waals surface area contributed by atoms with Gasteiger partial charge in [-0.25, -0.2) is 0 Å². The van der Waals surface area contributed by atoms with E-state index >= 15 is 0 Å². The molecule has 0 unspecified atom stereocenters. The molecule has 3 heteroatoms. The summed E-state index contributed by atoms with van der Waals surface area (Å²) in [5.41, 5.74) is 7.39. The topological polar surface area (TPSA) is 43.8 Å². The molecule has 0 amide bonds. The van der Waals surface area contributed by atoms with Crippen molar-refractivity contribution < 1.29 is 0 Å². The van der Waals surface area contributed by atoms with Gasteiger partial charge in [-0.1, -0.05) is 20.8 Å². The van der Waals surface area contributed by atoms with Crippen molar-refractivity contribution in [2.24, 2.45) is 18.2 Å². The maximum atomic E-state index is 6.04. The van der Waals surface area contributed by atoms with E-state index in [9.17, 15) is 0 Å². The predicted molar refractivity (Wildman–Crippen MR) is 58.8 cm³/mol. The molecule has 1 aromatic heterocycles. The van der Waals surface area contributed by atoms with Crippen LogP contribution in [0.25, 0.3) is 0 Å². The summed E-state index contributed by atoms with van der Waals surface area (Å²) in [7, 11) is 1.92. The quantitative estimate of drug-likeness (QED) is 0.804. The SMILES string of the molecule is Cn1ccc([C@@H](N)CCC(C)(C)C)n1. The van der Waals surface area contributed by atoms with Crippen LogP contribution in [0.2, 0.25) is 0 Å². The lowest BCUT2D eigenvalue weighted by Crippen LogP contribution is -2.15. The summed E-state index contributed by atoms with van der Waals surface area (Å²) in [6.45, 7) is 6.70. The van der Waals surface area contributed by atoms with Crippen LogP contribution < -0.4 is 5.73 Å². The van der Waals surface area contributed by atoms with Gasteiger partial charge in [-0.2, -0.15) is 5.10 Å². The number of aromatic nitrogens is 2. The van der Waals surface area contributed by atoms with Crippen LogP contribution in [-0.2, 0) is 7.05 Å². The van der Waals surface area contributed by atoms with Gasteiger partial charge in [-0.05, 0) is 24.3 Å². The first kappa shape index (κ1) is 11.2. The van der Waals surface area contributed by atoms with E-state index in [1.165, 1.54) is 0 Å². The molecule has 1 heterocycles. The Morgan fingerprint density at radius 3 is 2.57 bits per heavy atom.